The van der Waals surface area contributed by atoms with Gasteiger partial charge in [0, 0.05) is 39.3 Å². The van der Waals surface area contributed by atoms with Crippen molar-refractivity contribution in [3.05, 3.63) is 29.3 Å². The number of hydrogen-bond acceptors (Lipinski definition) is 6. The van der Waals surface area contributed by atoms with Crippen LogP contribution in [0.5, 0.6) is 5.75 Å². The molecule has 1 aliphatic heterocycles. The van der Waals surface area contributed by atoms with Gasteiger partial charge in [0.15, 0.2) is 5.96 Å². The van der Waals surface area contributed by atoms with Gasteiger partial charge < -0.3 is 24.8 Å². The van der Waals surface area contributed by atoms with E-state index in [1.807, 2.05) is 6.07 Å². The van der Waals surface area contributed by atoms with Gasteiger partial charge in [0.2, 0.25) is 0 Å². The van der Waals surface area contributed by atoms with Crippen LogP contribution in [0.25, 0.3) is 0 Å². The molecule has 2 N–H and O–H groups in total. The second kappa shape index (κ2) is 12.4. The molecule has 8 heteroatoms. The largest absolute Gasteiger partial charge is 0.496 e. The second-order valence-electron chi connectivity index (χ2n) is 7.76. The summed E-state index contributed by atoms with van der Waals surface area (Å²) in [5.74, 6) is 1.42. The number of esters is 1. The third kappa shape index (κ3) is 7.18. The Balaban J connectivity index is 1.95. The number of ether oxygens (including phenoxy) is 3. The van der Waals surface area contributed by atoms with Crippen molar-refractivity contribution in [1.29, 1.82) is 0 Å². The fourth-order valence-corrected chi connectivity index (χ4v) is 3.60. The quantitative estimate of drug-likeness (QED) is 0.359. The van der Waals surface area contributed by atoms with E-state index in [1.165, 1.54) is 14.2 Å². The second-order valence-corrected chi connectivity index (χ2v) is 7.76. The molecule has 0 aliphatic carbocycles. The molecule has 30 heavy (non-hydrogen) atoms. The summed E-state index contributed by atoms with van der Waals surface area (Å²) < 4.78 is 15.6. The lowest BCUT2D eigenvalue weighted by atomic mass is 10.0. The van der Waals surface area contributed by atoms with E-state index in [2.05, 4.69) is 34.4 Å². The van der Waals surface area contributed by atoms with Crippen LogP contribution in [-0.2, 0) is 16.0 Å². The average Bonchev–Trinajstić information content (AvgIpc) is 2.77. The number of hydrogen-bond donors (Lipinski definition) is 2. The number of carbonyl (C=O) groups is 1. The zero-order valence-electron chi connectivity index (χ0n) is 18.9. The van der Waals surface area contributed by atoms with Crippen LogP contribution in [0.4, 0.5) is 0 Å². The SMILES string of the molecule is CN=C(NCc1ccc(OC)c(C(=O)OC)c1)NCC(CC(C)C)N1CCOCC1. The van der Waals surface area contributed by atoms with Crippen LogP contribution >= 0.6 is 0 Å². The van der Waals surface area contributed by atoms with Crippen LogP contribution in [0.3, 0.4) is 0 Å². The third-order valence-corrected chi connectivity index (χ3v) is 5.16. The lowest BCUT2D eigenvalue weighted by molar-refractivity contribution is 0.0132. The third-order valence-electron chi connectivity index (χ3n) is 5.16. The van der Waals surface area contributed by atoms with Crippen LogP contribution in [0.15, 0.2) is 23.2 Å². The predicted molar refractivity (Wildman–Crippen MR) is 118 cm³/mol. The van der Waals surface area contributed by atoms with E-state index < -0.39 is 5.97 Å². The van der Waals surface area contributed by atoms with Crippen molar-refractivity contribution in [2.24, 2.45) is 10.9 Å². The lowest BCUT2D eigenvalue weighted by Crippen LogP contribution is -2.50. The van der Waals surface area contributed by atoms with Crippen molar-refractivity contribution in [3.8, 4) is 5.75 Å². The molecule has 1 aliphatic rings. The first kappa shape index (κ1) is 24.0. The molecule has 0 spiro atoms. The molecular weight excluding hydrogens is 384 g/mol. The maximum atomic E-state index is 12.0. The summed E-state index contributed by atoms with van der Waals surface area (Å²) in [7, 11) is 4.66. The maximum absolute atomic E-state index is 12.0. The molecule has 2 rings (SSSR count). The molecule has 1 atom stereocenters. The zero-order valence-corrected chi connectivity index (χ0v) is 18.9. The van der Waals surface area contributed by atoms with Gasteiger partial charge in [-0.25, -0.2) is 4.79 Å². The highest BCUT2D eigenvalue weighted by molar-refractivity contribution is 5.92. The first-order valence-electron chi connectivity index (χ1n) is 10.5. The molecule has 1 aromatic carbocycles. The van der Waals surface area contributed by atoms with Gasteiger partial charge in [0.25, 0.3) is 0 Å². The number of aliphatic imine (C=N–C) groups is 1. The molecular formula is C22H36N4O4. The predicted octanol–water partition coefficient (Wildman–Crippen LogP) is 1.89. The van der Waals surface area contributed by atoms with Gasteiger partial charge in [-0.1, -0.05) is 19.9 Å². The summed E-state index contributed by atoms with van der Waals surface area (Å²) in [6.45, 7) is 9.36. The van der Waals surface area contributed by atoms with Gasteiger partial charge >= 0.3 is 5.97 Å². The number of benzene rings is 1. The Kier molecular flexibility index (Phi) is 9.89. The number of guanidine groups is 1. The number of nitrogens with zero attached hydrogens (tertiary/aromatic N) is 2. The fraction of sp³-hybridized carbons (Fsp3) is 0.636. The Morgan fingerprint density at radius 1 is 1.23 bits per heavy atom. The van der Waals surface area contributed by atoms with Crippen molar-refractivity contribution in [1.82, 2.24) is 15.5 Å². The van der Waals surface area contributed by atoms with Gasteiger partial charge in [-0.05, 0) is 30.0 Å². The minimum atomic E-state index is -0.418. The summed E-state index contributed by atoms with van der Waals surface area (Å²) in [4.78, 5) is 18.8. The molecule has 1 unspecified atom stereocenters. The van der Waals surface area contributed by atoms with E-state index in [1.54, 1.807) is 19.2 Å². The molecule has 0 aromatic heterocycles. The van der Waals surface area contributed by atoms with Crippen LogP contribution in [-0.4, -0.2) is 77.0 Å². The molecule has 0 bridgehead atoms. The van der Waals surface area contributed by atoms with Crippen molar-refractivity contribution in [3.63, 3.8) is 0 Å². The molecule has 1 saturated heterocycles. The Morgan fingerprint density at radius 3 is 2.57 bits per heavy atom. The summed E-state index contributed by atoms with van der Waals surface area (Å²) in [6.07, 6.45) is 1.12. The van der Waals surface area contributed by atoms with Crippen molar-refractivity contribution in [2.75, 3.05) is 54.1 Å². The van der Waals surface area contributed by atoms with Gasteiger partial charge in [0.05, 0.1) is 27.4 Å². The summed E-state index contributed by atoms with van der Waals surface area (Å²) in [5, 5.41) is 6.78. The highest BCUT2D eigenvalue weighted by Crippen LogP contribution is 2.20. The number of morpholine rings is 1. The molecule has 168 valence electrons. The fourth-order valence-electron chi connectivity index (χ4n) is 3.60. The van der Waals surface area contributed by atoms with E-state index in [4.69, 9.17) is 14.2 Å². The minimum Gasteiger partial charge on any atom is -0.496 e. The van der Waals surface area contributed by atoms with Gasteiger partial charge in [0.1, 0.15) is 11.3 Å². The van der Waals surface area contributed by atoms with Gasteiger partial charge in [-0.2, -0.15) is 0 Å². The molecule has 1 aromatic rings. The van der Waals surface area contributed by atoms with E-state index in [9.17, 15) is 4.79 Å². The summed E-state index contributed by atoms with van der Waals surface area (Å²) >= 11 is 0. The first-order chi connectivity index (χ1) is 14.5. The van der Waals surface area contributed by atoms with Crippen LogP contribution in [0.2, 0.25) is 0 Å². The van der Waals surface area contributed by atoms with E-state index >= 15 is 0 Å². The van der Waals surface area contributed by atoms with Crippen LogP contribution in [0, 0.1) is 5.92 Å². The van der Waals surface area contributed by atoms with Crippen molar-refractivity contribution >= 4 is 11.9 Å². The highest BCUT2D eigenvalue weighted by atomic mass is 16.5. The zero-order chi connectivity index (χ0) is 21.9. The number of methoxy groups -OCH3 is 2. The Bertz CT molecular complexity index is 702. The Morgan fingerprint density at radius 2 is 1.97 bits per heavy atom. The monoisotopic (exact) mass is 420 g/mol. The number of rotatable bonds is 9. The maximum Gasteiger partial charge on any atom is 0.341 e. The normalized spacial score (nSPS) is 16.3. The molecule has 8 nitrogen and oxygen atoms in total. The van der Waals surface area contributed by atoms with E-state index in [0.717, 1.165) is 50.8 Å². The smallest absolute Gasteiger partial charge is 0.341 e. The molecule has 1 heterocycles. The molecule has 0 saturated carbocycles. The van der Waals surface area contributed by atoms with Gasteiger partial charge in [-0.15, -0.1) is 0 Å². The standard InChI is InChI=1S/C22H36N4O4/c1-16(2)12-18(26-8-10-30-11-9-26)15-25-22(23-3)24-14-17-6-7-20(28-4)19(13-17)21(27)29-5/h6-7,13,16,18H,8-12,14-15H2,1-5H3,(H2,23,24,25). The molecule has 0 radical (unpaired) electrons. The minimum absolute atomic E-state index is 0.409. The lowest BCUT2D eigenvalue weighted by Gasteiger charge is -2.35. The molecule has 0 amide bonds. The van der Waals surface area contributed by atoms with Crippen molar-refractivity contribution in [2.45, 2.75) is 32.9 Å². The van der Waals surface area contributed by atoms with Gasteiger partial charge in [-0.3, -0.25) is 9.89 Å². The number of nitrogens with one attached hydrogen (secondary N) is 2. The summed E-state index contributed by atoms with van der Waals surface area (Å²) in [6, 6.07) is 5.90. The average molecular weight is 421 g/mol. The van der Waals surface area contributed by atoms with Crippen LogP contribution in [0.1, 0.15) is 36.2 Å². The van der Waals surface area contributed by atoms with Crippen LogP contribution < -0.4 is 15.4 Å². The number of carbonyl (C=O) groups excluding carboxylic acids is 1. The topological polar surface area (TPSA) is 84.4 Å². The highest BCUT2D eigenvalue weighted by Gasteiger charge is 2.22. The Labute approximate surface area is 180 Å². The Hall–Kier alpha value is -2.32. The van der Waals surface area contributed by atoms with Crippen molar-refractivity contribution < 1.29 is 19.0 Å². The summed E-state index contributed by atoms with van der Waals surface area (Å²) in [5.41, 5.74) is 1.35. The van der Waals surface area contributed by atoms with E-state index in [-0.39, 0.29) is 0 Å². The molecule has 1 fully saturated rings. The first-order valence-corrected chi connectivity index (χ1v) is 10.5. The van der Waals surface area contributed by atoms with E-state index in [0.29, 0.717) is 29.8 Å².